The molecule has 116 valence electrons. The van der Waals surface area contributed by atoms with Crippen molar-refractivity contribution in [2.24, 2.45) is 0 Å². The summed E-state index contributed by atoms with van der Waals surface area (Å²) in [5.41, 5.74) is 0.282. The normalized spacial score (nSPS) is 15.1. The SMILES string of the molecule is CCOC(=O)c1nc(C(=O)NCCCN2CCCC2)cs1. The minimum Gasteiger partial charge on any atom is -0.461 e. The van der Waals surface area contributed by atoms with Crippen LogP contribution in [-0.4, -0.2) is 54.5 Å². The van der Waals surface area contributed by atoms with Crippen molar-refractivity contribution < 1.29 is 14.3 Å². The first-order valence-corrected chi connectivity index (χ1v) is 8.22. The van der Waals surface area contributed by atoms with Crippen LogP contribution in [0.25, 0.3) is 0 Å². The van der Waals surface area contributed by atoms with Crippen LogP contribution < -0.4 is 5.32 Å². The van der Waals surface area contributed by atoms with Gasteiger partial charge in [-0.25, -0.2) is 9.78 Å². The van der Waals surface area contributed by atoms with Gasteiger partial charge in [-0.2, -0.15) is 0 Å². The molecule has 0 bridgehead atoms. The number of rotatable bonds is 7. The molecule has 6 nitrogen and oxygen atoms in total. The van der Waals surface area contributed by atoms with Crippen LogP contribution in [-0.2, 0) is 4.74 Å². The minimum atomic E-state index is -0.476. The molecule has 1 aliphatic heterocycles. The molecule has 21 heavy (non-hydrogen) atoms. The third-order valence-electron chi connectivity index (χ3n) is 3.32. The number of thiazole rings is 1. The number of amides is 1. The predicted molar refractivity (Wildman–Crippen MR) is 80.7 cm³/mol. The molecule has 0 atom stereocenters. The van der Waals surface area contributed by atoms with Crippen molar-refractivity contribution in [3.05, 3.63) is 16.1 Å². The maximum atomic E-state index is 11.9. The van der Waals surface area contributed by atoms with E-state index >= 15 is 0 Å². The Balaban J connectivity index is 1.71. The molecule has 1 aliphatic rings. The number of hydrogen-bond donors (Lipinski definition) is 1. The van der Waals surface area contributed by atoms with Gasteiger partial charge in [0.05, 0.1) is 6.61 Å². The summed E-state index contributed by atoms with van der Waals surface area (Å²) in [5.74, 6) is -0.709. The van der Waals surface area contributed by atoms with E-state index in [0.29, 0.717) is 13.2 Å². The Morgan fingerprint density at radius 2 is 2.19 bits per heavy atom. The van der Waals surface area contributed by atoms with Crippen LogP contribution in [0.15, 0.2) is 5.38 Å². The average Bonchev–Trinajstić information content (AvgIpc) is 3.14. The van der Waals surface area contributed by atoms with Crippen LogP contribution in [0, 0.1) is 0 Å². The van der Waals surface area contributed by atoms with E-state index in [-0.39, 0.29) is 16.6 Å². The lowest BCUT2D eigenvalue weighted by Crippen LogP contribution is -2.28. The highest BCUT2D eigenvalue weighted by molar-refractivity contribution is 7.11. The number of carbonyl (C=O) groups excluding carboxylic acids is 2. The summed E-state index contributed by atoms with van der Waals surface area (Å²) in [6, 6.07) is 0. The zero-order chi connectivity index (χ0) is 15.1. The highest BCUT2D eigenvalue weighted by Crippen LogP contribution is 2.11. The second kappa shape index (κ2) is 8.09. The maximum absolute atomic E-state index is 11.9. The summed E-state index contributed by atoms with van der Waals surface area (Å²) in [5, 5.41) is 4.64. The van der Waals surface area contributed by atoms with Gasteiger partial charge in [-0.15, -0.1) is 11.3 Å². The highest BCUT2D eigenvalue weighted by Gasteiger charge is 2.16. The first kappa shape index (κ1) is 15.9. The van der Waals surface area contributed by atoms with Gasteiger partial charge in [-0.1, -0.05) is 0 Å². The Labute approximate surface area is 128 Å². The molecule has 0 spiro atoms. The van der Waals surface area contributed by atoms with E-state index in [4.69, 9.17) is 4.74 Å². The zero-order valence-corrected chi connectivity index (χ0v) is 13.1. The summed E-state index contributed by atoms with van der Waals surface area (Å²) in [6.45, 7) is 6.02. The molecular formula is C14H21N3O3S. The standard InChI is InChI=1S/C14H21N3O3S/c1-2-20-14(19)13-16-11(10-21-13)12(18)15-6-5-9-17-7-3-4-8-17/h10H,2-9H2,1H3,(H,15,18). The molecule has 1 aromatic rings. The minimum absolute atomic E-state index is 0.221. The Hall–Kier alpha value is -1.47. The van der Waals surface area contributed by atoms with Gasteiger partial charge in [0.25, 0.3) is 5.91 Å². The van der Waals surface area contributed by atoms with E-state index in [1.807, 2.05) is 0 Å². The summed E-state index contributed by atoms with van der Waals surface area (Å²) in [6.07, 6.45) is 3.49. The fourth-order valence-electron chi connectivity index (χ4n) is 2.27. The largest absolute Gasteiger partial charge is 0.461 e. The van der Waals surface area contributed by atoms with Crippen molar-refractivity contribution in [3.8, 4) is 0 Å². The molecule has 1 saturated heterocycles. The molecule has 0 aromatic carbocycles. The third kappa shape index (κ3) is 4.78. The fourth-order valence-corrected chi connectivity index (χ4v) is 2.96. The number of aromatic nitrogens is 1. The highest BCUT2D eigenvalue weighted by atomic mass is 32.1. The van der Waals surface area contributed by atoms with E-state index in [2.05, 4.69) is 15.2 Å². The predicted octanol–water partition coefficient (Wildman–Crippen LogP) is 1.54. The third-order valence-corrected chi connectivity index (χ3v) is 4.14. The van der Waals surface area contributed by atoms with Gasteiger partial charge >= 0.3 is 5.97 Å². The van der Waals surface area contributed by atoms with Crippen molar-refractivity contribution in [2.45, 2.75) is 26.2 Å². The quantitative estimate of drug-likeness (QED) is 0.611. The van der Waals surface area contributed by atoms with E-state index in [1.54, 1.807) is 12.3 Å². The lowest BCUT2D eigenvalue weighted by molar-refractivity contribution is 0.0526. The maximum Gasteiger partial charge on any atom is 0.367 e. The smallest absolute Gasteiger partial charge is 0.367 e. The topological polar surface area (TPSA) is 71.5 Å². The van der Waals surface area contributed by atoms with Gasteiger partial charge in [0.2, 0.25) is 5.01 Å². The Kier molecular flexibility index (Phi) is 6.13. The van der Waals surface area contributed by atoms with Gasteiger partial charge in [0, 0.05) is 11.9 Å². The summed E-state index contributed by atoms with van der Waals surface area (Å²) in [4.78, 5) is 29.8. The average molecular weight is 311 g/mol. The van der Waals surface area contributed by atoms with Gasteiger partial charge in [0.15, 0.2) is 0 Å². The van der Waals surface area contributed by atoms with Crippen LogP contribution in [0.1, 0.15) is 46.5 Å². The van der Waals surface area contributed by atoms with Crippen LogP contribution in [0.4, 0.5) is 0 Å². The number of carbonyl (C=O) groups is 2. The van der Waals surface area contributed by atoms with E-state index < -0.39 is 5.97 Å². The van der Waals surface area contributed by atoms with Crippen molar-refractivity contribution in [3.63, 3.8) is 0 Å². The number of nitrogens with one attached hydrogen (secondary N) is 1. The zero-order valence-electron chi connectivity index (χ0n) is 12.3. The second-order valence-electron chi connectivity index (χ2n) is 4.92. The van der Waals surface area contributed by atoms with E-state index in [0.717, 1.165) is 24.3 Å². The van der Waals surface area contributed by atoms with Crippen LogP contribution in [0.2, 0.25) is 0 Å². The fraction of sp³-hybridized carbons (Fsp3) is 0.643. The molecule has 0 radical (unpaired) electrons. The van der Waals surface area contributed by atoms with Crippen molar-refractivity contribution >= 4 is 23.2 Å². The number of nitrogens with zero attached hydrogens (tertiary/aromatic N) is 2. The summed E-state index contributed by atoms with van der Waals surface area (Å²) in [7, 11) is 0. The molecule has 0 saturated carbocycles. The van der Waals surface area contributed by atoms with E-state index in [1.165, 1.54) is 25.9 Å². The Bertz CT molecular complexity index is 484. The van der Waals surface area contributed by atoms with Gasteiger partial charge in [-0.3, -0.25) is 4.79 Å². The van der Waals surface area contributed by atoms with Crippen molar-refractivity contribution in [2.75, 3.05) is 32.8 Å². The number of ether oxygens (including phenoxy) is 1. The van der Waals surface area contributed by atoms with Crippen LogP contribution in [0.5, 0.6) is 0 Å². The first-order valence-electron chi connectivity index (χ1n) is 7.34. The van der Waals surface area contributed by atoms with Crippen molar-refractivity contribution in [1.82, 2.24) is 15.2 Å². The molecule has 0 aliphatic carbocycles. The lowest BCUT2D eigenvalue weighted by Gasteiger charge is -2.13. The van der Waals surface area contributed by atoms with Gasteiger partial charge < -0.3 is 15.0 Å². The van der Waals surface area contributed by atoms with Crippen LogP contribution in [0.3, 0.4) is 0 Å². The first-order chi connectivity index (χ1) is 10.2. The van der Waals surface area contributed by atoms with E-state index in [9.17, 15) is 9.59 Å². The van der Waals surface area contributed by atoms with Gasteiger partial charge in [-0.05, 0) is 45.8 Å². The molecular weight excluding hydrogens is 290 g/mol. The second-order valence-corrected chi connectivity index (χ2v) is 5.77. The summed E-state index contributed by atoms with van der Waals surface area (Å²) >= 11 is 1.13. The number of esters is 1. The van der Waals surface area contributed by atoms with Gasteiger partial charge in [0.1, 0.15) is 5.69 Å². The van der Waals surface area contributed by atoms with Crippen LogP contribution >= 0.6 is 11.3 Å². The molecule has 1 amide bonds. The monoisotopic (exact) mass is 311 g/mol. The lowest BCUT2D eigenvalue weighted by atomic mass is 10.3. The Morgan fingerprint density at radius 1 is 1.43 bits per heavy atom. The molecule has 1 fully saturated rings. The molecule has 1 aromatic heterocycles. The summed E-state index contributed by atoms with van der Waals surface area (Å²) < 4.78 is 4.85. The number of likely N-dealkylation sites (tertiary alicyclic amines) is 1. The molecule has 7 heteroatoms. The molecule has 1 N–H and O–H groups in total. The molecule has 2 heterocycles. The number of hydrogen-bond acceptors (Lipinski definition) is 6. The van der Waals surface area contributed by atoms with Crippen molar-refractivity contribution in [1.29, 1.82) is 0 Å². The molecule has 0 unspecified atom stereocenters. The molecule has 2 rings (SSSR count). The Morgan fingerprint density at radius 3 is 2.90 bits per heavy atom.